The molecule has 1 unspecified atom stereocenters. The van der Waals surface area contributed by atoms with Gasteiger partial charge in [0, 0.05) is 6.54 Å². The summed E-state index contributed by atoms with van der Waals surface area (Å²) >= 11 is -2.00. The summed E-state index contributed by atoms with van der Waals surface area (Å²) < 4.78 is 22.3. The molecule has 0 aliphatic heterocycles. The minimum atomic E-state index is -2.00. The minimum absolute atomic E-state index is 0.510. The SMILES string of the molecule is Cc1ccc(N(CCc2ccccc2)S(=O)O)cc1. The lowest BCUT2D eigenvalue weighted by atomic mass is 10.1. The van der Waals surface area contributed by atoms with Gasteiger partial charge in [-0.1, -0.05) is 48.0 Å². The molecular formula is C15H17NO2S. The largest absolute Gasteiger partial charge is 0.289 e. The summed E-state index contributed by atoms with van der Waals surface area (Å²) in [4.78, 5) is 0. The second-order valence-corrected chi connectivity index (χ2v) is 5.31. The molecule has 0 saturated heterocycles. The first-order valence-corrected chi connectivity index (χ1v) is 7.22. The zero-order valence-corrected chi connectivity index (χ0v) is 11.6. The van der Waals surface area contributed by atoms with E-state index in [-0.39, 0.29) is 0 Å². The maximum Gasteiger partial charge on any atom is 0.261 e. The van der Waals surface area contributed by atoms with Gasteiger partial charge in [-0.25, -0.2) is 4.21 Å². The van der Waals surface area contributed by atoms with E-state index in [1.54, 1.807) is 0 Å². The normalized spacial score (nSPS) is 12.1. The van der Waals surface area contributed by atoms with Crippen LogP contribution in [-0.2, 0) is 17.7 Å². The van der Waals surface area contributed by atoms with Crippen LogP contribution in [0.15, 0.2) is 54.6 Å². The van der Waals surface area contributed by atoms with Crippen LogP contribution in [0.3, 0.4) is 0 Å². The van der Waals surface area contributed by atoms with Gasteiger partial charge < -0.3 is 0 Å². The van der Waals surface area contributed by atoms with E-state index in [1.807, 2.05) is 61.5 Å². The van der Waals surface area contributed by atoms with Crippen molar-refractivity contribution < 1.29 is 8.76 Å². The monoisotopic (exact) mass is 275 g/mol. The number of aryl methyl sites for hydroxylation is 1. The van der Waals surface area contributed by atoms with Gasteiger partial charge >= 0.3 is 0 Å². The van der Waals surface area contributed by atoms with E-state index in [0.29, 0.717) is 6.54 Å². The molecule has 19 heavy (non-hydrogen) atoms. The Bertz CT molecular complexity index is 540. The molecule has 1 atom stereocenters. The molecule has 0 spiro atoms. The molecule has 3 nitrogen and oxygen atoms in total. The summed E-state index contributed by atoms with van der Waals surface area (Å²) in [5.41, 5.74) is 3.06. The van der Waals surface area contributed by atoms with Crippen LogP contribution in [0, 0.1) is 6.92 Å². The van der Waals surface area contributed by atoms with Crippen LogP contribution in [-0.4, -0.2) is 15.3 Å². The molecule has 1 N–H and O–H groups in total. The molecular weight excluding hydrogens is 258 g/mol. The molecule has 100 valence electrons. The summed E-state index contributed by atoms with van der Waals surface area (Å²) in [6.45, 7) is 2.50. The first-order chi connectivity index (χ1) is 9.16. The summed E-state index contributed by atoms with van der Waals surface area (Å²) in [6.07, 6.45) is 0.737. The van der Waals surface area contributed by atoms with Gasteiger partial charge in [0.1, 0.15) is 0 Å². The zero-order chi connectivity index (χ0) is 13.7. The molecule has 0 aliphatic rings. The predicted molar refractivity (Wildman–Crippen MR) is 79.4 cm³/mol. The van der Waals surface area contributed by atoms with Crippen LogP contribution in [0.5, 0.6) is 0 Å². The second kappa shape index (κ2) is 6.50. The van der Waals surface area contributed by atoms with Crippen LogP contribution >= 0.6 is 0 Å². The van der Waals surface area contributed by atoms with E-state index in [2.05, 4.69) is 0 Å². The van der Waals surface area contributed by atoms with Crippen LogP contribution in [0.2, 0.25) is 0 Å². The summed E-state index contributed by atoms with van der Waals surface area (Å²) in [6, 6.07) is 17.6. The van der Waals surface area contributed by atoms with Gasteiger partial charge in [0.2, 0.25) is 0 Å². The lowest BCUT2D eigenvalue weighted by Crippen LogP contribution is -2.27. The third kappa shape index (κ3) is 3.91. The van der Waals surface area contributed by atoms with Crippen molar-refractivity contribution in [3.63, 3.8) is 0 Å². The van der Waals surface area contributed by atoms with Crippen molar-refractivity contribution in [3.05, 3.63) is 65.7 Å². The number of benzene rings is 2. The Labute approximate surface area is 116 Å². The smallest absolute Gasteiger partial charge is 0.261 e. The second-order valence-electron chi connectivity index (χ2n) is 4.40. The molecule has 0 bridgehead atoms. The summed E-state index contributed by atoms with van der Waals surface area (Å²) in [5.74, 6) is 0. The number of hydrogen-bond donors (Lipinski definition) is 1. The van der Waals surface area contributed by atoms with Crippen LogP contribution < -0.4 is 4.31 Å². The Balaban J connectivity index is 2.09. The van der Waals surface area contributed by atoms with E-state index in [4.69, 9.17) is 0 Å². The molecule has 0 saturated carbocycles. The van der Waals surface area contributed by atoms with E-state index in [9.17, 15) is 8.76 Å². The van der Waals surface area contributed by atoms with Crippen molar-refractivity contribution >= 4 is 17.0 Å². The van der Waals surface area contributed by atoms with E-state index in [1.165, 1.54) is 4.31 Å². The van der Waals surface area contributed by atoms with Gasteiger partial charge in [-0.05, 0) is 31.0 Å². The van der Waals surface area contributed by atoms with Crippen LogP contribution in [0.1, 0.15) is 11.1 Å². The highest BCUT2D eigenvalue weighted by Gasteiger charge is 2.11. The highest BCUT2D eigenvalue weighted by molar-refractivity contribution is 7.80. The van der Waals surface area contributed by atoms with Crippen molar-refractivity contribution in [1.29, 1.82) is 0 Å². The zero-order valence-electron chi connectivity index (χ0n) is 10.8. The number of rotatable bonds is 5. The van der Waals surface area contributed by atoms with Crippen molar-refractivity contribution in [2.24, 2.45) is 0 Å². The van der Waals surface area contributed by atoms with Crippen molar-refractivity contribution in [2.45, 2.75) is 13.3 Å². The van der Waals surface area contributed by atoms with Gasteiger partial charge in [-0.15, -0.1) is 0 Å². The highest BCUT2D eigenvalue weighted by Crippen LogP contribution is 2.17. The third-order valence-corrected chi connectivity index (χ3v) is 3.73. The summed E-state index contributed by atoms with van der Waals surface area (Å²) in [7, 11) is 0. The van der Waals surface area contributed by atoms with E-state index in [0.717, 1.165) is 23.2 Å². The lowest BCUT2D eigenvalue weighted by Gasteiger charge is -2.20. The van der Waals surface area contributed by atoms with Gasteiger partial charge in [0.05, 0.1) is 5.69 Å². The minimum Gasteiger partial charge on any atom is -0.289 e. The average Bonchev–Trinajstić information content (AvgIpc) is 2.42. The van der Waals surface area contributed by atoms with Crippen molar-refractivity contribution in [2.75, 3.05) is 10.8 Å². The topological polar surface area (TPSA) is 40.5 Å². The standard InChI is InChI=1S/C15H17NO2S/c1-13-7-9-15(10-8-13)16(19(17)18)12-11-14-5-3-2-4-6-14/h2-10H,11-12H2,1H3,(H,17,18). The molecule has 2 aromatic carbocycles. The van der Waals surface area contributed by atoms with Gasteiger partial charge in [0.25, 0.3) is 11.3 Å². The maximum absolute atomic E-state index is 11.4. The summed E-state index contributed by atoms with van der Waals surface area (Å²) in [5, 5.41) is 0. The van der Waals surface area contributed by atoms with E-state index < -0.39 is 11.3 Å². The number of nitrogens with zero attached hydrogens (tertiary/aromatic N) is 1. The van der Waals surface area contributed by atoms with Crippen molar-refractivity contribution in [3.8, 4) is 0 Å². The molecule has 2 aromatic rings. The Morgan fingerprint density at radius 2 is 1.68 bits per heavy atom. The fourth-order valence-corrected chi connectivity index (χ4v) is 2.43. The molecule has 0 aromatic heterocycles. The fourth-order valence-electron chi connectivity index (χ4n) is 1.88. The Hall–Kier alpha value is -1.65. The van der Waals surface area contributed by atoms with Gasteiger partial charge in [-0.2, -0.15) is 0 Å². The maximum atomic E-state index is 11.4. The van der Waals surface area contributed by atoms with E-state index >= 15 is 0 Å². The first kappa shape index (κ1) is 13.8. The quantitative estimate of drug-likeness (QED) is 0.851. The Morgan fingerprint density at radius 1 is 1.05 bits per heavy atom. The highest BCUT2D eigenvalue weighted by atomic mass is 32.2. The Morgan fingerprint density at radius 3 is 2.26 bits per heavy atom. The number of hydrogen-bond acceptors (Lipinski definition) is 1. The van der Waals surface area contributed by atoms with Crippen LogP contribution in [0.25, 0.3) is 0 Å². The van der Waals surface area contributed by atoms with Crippen LogP contribution in [0.4, 0.5) is 5.69 Å². The van der Waals surface area contributed by atoms with Gasteiger partial charge in [0.15, 0.2) is 0 Å². The Kier molecular flexibility index (Phi) is 4.71. The molecule has 0 aliphatic carbocycles. The van der Waals surface area contributed by atoms with Crippen molar-refractivity contribution in [1.82, 2.24) is 0 Å². The first-order valence-electron chi connectivity index (χ1n) is 6.16. The molecule has 4 heteroatoms. The molecule has 0 amide bonds. The molecule has 0 heterocycles. The average molecular weight is 275 g/mol. The molecule has 2 rings (SSSR count). The number of anilines is 1. The molecule has 0 fully saturated rings. The lowest BCUT2D eigenvalue weighted by molar-refractivity contribution is 0.558. The fraction of sp³-hybridized carbons (Fsp3) is 0.200. The predicted octanol–water partition coefficient (Wildman–Crippen LogP) is 3.18. The van der Waals surface area contributed by atoms with Gasteiger partial charge in [-0.3, -0.25) is 8.86 Å². The molecule has 0 radical (unpaired) electrons. The third-order valence-electron chi connectivity index (χ3n) is 2.96.